The van der Waals surface area contributed by atoms with Gasteiger partial charge in [-0.3, -0.25) is 14.6 Å². The molecule has 0 unspecified atom stereocenters. The highest BCUT2D eigenvalue weighted by molar-refractivity contribution is 6.00. The summed E-state index contributed by atoms with van der Waals surface area (Å²) >= 11 is 0. The number of ether oxygens (including phenoxy) is 1. The van der Waals surface area contributed by atoms with Crippen molar-refractivity contribution in [3.63, 3.8) is 0 Å². The number of hydrogen-bond acceptors (Lipinski definition) is 5. The molecule has 0 spiro atoms. The number of rotatable bonds is 7. The number of carbonyl (C=O) groups excluding carboxylic acids is 2. The summed E-state index contributed by atoms with van der Waals surface area (Å²) in [6.45, 7) is 4.06. The molecule has 20 heavy (non-hydrogen) atoms. The molecule has 1 aromatic heterocycles. The van der Waals surface area contributed by atoms with Crippen LogP contribution in [-0.4, -0.2) is 29.2 Å². The third kappa shape index (κ3) is 5.60. The van der Waals surface area contributed by atoms with Crippen molar-refractivity contribution < 1.29 is 14.3 Å². The van der Waals surface area contributed by atoms with Crippen molar-refractivity contribution >= 4 is 17.6 Å². The minimum absolute atomic E-state index is 0.0955. The Morgan fingerprint density at radius 3 is 2.60 bits per heavy atom. The Hall–Kier alpha value is -2.24. The summed E-state index contributed by atoms with van der Waals surface area (Å²) in [6.07, 6.45) is 4.63. The molecule has 0 saturated heterocycles. The highest BCUT2D eigenvalue weighted by Crippen LogP contribution is 2.01. The van der Waals surface area contributed by atoms with E-state index in [-0.39, 0.29) is 18.3 Å². The number of hydrogen-bond donors (Lipinski definition) is 1. The second-order valence-corrected chi connectivity index (χ2v) is 4.09. The molecule has 1 aromatic rings. The van der Waals surface area contributed by atoms with Gasteiger partial charge < -0.3 is 4.74 Å². The minimum atomic E-state index is -0.335. The number of esters is 1. The van der Waals surface area contributed by atoms with Crippen molar-refractivity contribution in [1.29, 1.82) is 0 Å². The zero-order valence-corrected chi connectivity index (χ0v) is 11.8. The van der Waals surface area contributed by atoms with Crippen molar-refractivity contribution in [3.8, 4) is 0 Å². The molecular formula is C14H19N3O3. The standard InChI is InChI=1S/C14H19N3O3/c1-3-5-12(10-13(18)20-4-2)16-17-14(19)11-6-8-15-9-7-11/h6-9H,3-5,10H2,1-2H3,(H,17,19)/b16-12-. The fraction of sp³-hybridized carbons (Fsp3) is 0.429. The van der Waals surface area contributed by atoms with Crippen molar-refractivity contribution in [2.24, 2.45) is 5.10 Å². The van der Waals surface area contributed by atoms with Crippen LogP contribution in [0.3, 0.4) is 0 Å². The lowest BCUT2D eigenvalue weighted by Crippen LogP contribution is -2.21. The monoisotopic (exact) mass is 277 g/mol. The number of aromatic nitrogens is 1. The molecule has 0 atom stereocenters. The second-order valence-electron chi connectivity index (χ2n) is 4.09. The van der Waals surface area contributed by atoms with Crippen LogP contribution in [0.2, 0.25) is 0 Å². The van der Waals surface area contributed by atoms with E-state index in [1.54, 1.807) is 19.1 Å². The molecule has 0 aliphatic heterocycles. The minimum Gasteiger partial charge on any atom is -0.466 e. The van der Waals surface area contributed by atoms with E-state index in [0.717, 1.165) is 6.42 Å². The van der Waals surface area contributed by atoms with Gasteiger partial charge in [-0.1, -0.05) is 13.3 Å². The van der Waals surface area contributed by atoms with Crippen LogP contribution in [0.1, 0.15) is 43.5 Å². The molecule has 0 radical (unpaired) electrons. The number of pyridine rings is 1. The van der Waals surface area contributed by atoms with Crippen LogP contribution in [-0.2, 0) is 9.53 Å². The molecular weight excluding hydrogens is 258 g/mol. The number of nitrogens with zero attached hydrogens (tertiary/aromatic N) is 2. The highest BCUT2D eigenvalue weighted by Gasteiger charge is 2.09. The summed E-state index contributed by atoms with van der Waals surface area (Å²) in [6, 6.07) is 3.19. The maximum atomic E-state index is 11.8. The molecule has 6 heteroatoms. The molecule has 6 nitrogen and oxygen atoms in total. The van der Waals surface area contributed by atoms with E-state index < -0.39 is 0 Å². The van der Waals surface area contributed by atoms with Gasteiger partial charge >= 0.3 is 5.97 Å². The topological polar surface area (TPSA) is 80.6 Å². The molecule has 1 amide bonds. The van der Waals surface area contributed by atoms with Gasteiger partial charge in [0.2, 0.25) is 0 Å². The van der Waals surface area contributed by atoms with Gasteiger partial charge in [0.25, 0.3) is 5.91 Å². The van der Waals surface area contributed by atoms with Crippen molar-refractivity contribution in [3.05, 3.63) is 30.1 Å². The maximum absolute atomic E-state index is 11.8. The van der Waals surface area contributed by atoms with Crippen LogP contribution in [0.5, 0.6) is 0 Å². The highest BCUT2D eigenvalue weighted by atomic mass is 16.5. The SMILES string of the molecule is CCC/C(CC(=O)OCC)=N/NC(=O)c1ccncc1. The van der Waals surface area contributed by atoms with Crippen molar-refractivity contribution in [2.45, 2.75) is 33.1 Å². The molecule has 1 rings (SSSR count). The summed E-state index contributed by atoms with van der Waals surface area (Å²) in [5, 5.41) is 4.01. The van der Waals surface area contributed by atoms with Gasteiger partial charge in [0.1, 0.15) is 0 Å². The number of hydrazone groups is 1. The van der Waals surface area contributed by atoms with Crippen LogP contribution in [0, 0.1) is 0 Å². The normalized spacial score (nSPS) is 11.0. The van der Waals surface area contributed by atoms with E-state index in [1.807, 2.05) is 6.92 Å². The van der Waals surface area contributed by atoms with Gasteiger partial charge in [-0.15, -0.1) is 0 Å². The average molecular weight is 277 g/mol. The summed E-state index contributed by atoms with van der Waals surface area (Å²) in [5.74, 6) is -0.664. The third-order valence-electron chi connectivity index (χ3n) is 2.45. The molecule has 0 saturated carbocycles. The fourth-order valence-corrected chi connectivity index (χ4v) is 1.55. The number of carbonyl (C=O) groups is 2. The van der Waals surface area contributed by atoms with E-state index in [2.05, 4.69) is 15.5 Å². The molecule has 0 fully saturated rings. The predicted octanol–water partition coefficient (Wildman–Crippen LogP) is 1.92. The summed E-state index contributed by atoms with van der Waals surface area (Å²) in [7, 11) is 0. The van der Waals surface area contributed by atoms with Crippen LogP contribution in [0.4, 0.5) is 0 Å². The smallest absolute Gasteiger partial charge is 0.311 e. The first-order valence-electron chi connectivity index (χ1n) is 6.58. The molecule has 0 aliphatic carbocycles. The summed E-state index contributed by atoms with van der Waals surface area (Å²) < 4.78 is 4.87. The van der Waals surface area contributed by atoms with Gasteiger partial charge in [-0.2, -0.15) is 5.10 Å². The Morgan fingerprint density at radius 1 is 1.30 bits per heavy atom. The first kappa shape index (κ1) is 15.8. The lowest BCUT2D eigenvalue weighted by atomic mass is 10.2. The lowest BCUT2D eigenvalue weighted by Gasteiger charge is -2.06. The Bertz CT molecular complexity index is 472. The van der Waals surface area contributed by atoms with E-state index in [1.165, 1.54) is 12.4 Å². The van der Waals surface area contributed by atoms with Gasteiger partial charge in [-0.05, 0) is 25.5 Å². The Balaban J connectivity index is 2.62. The zero-order valence-electron chi connectivity index (χ0n) is 11.8. The number of nitrogens with one attached hydrogen (secondary N) is 1. The van der Waals surface area contributed by atoms with Gasteiger partial charge in [0.15, 0.2) is 0 Å². The molecule has 0 aliphatic rings. The quantitative estimate of drug-likeness (QED) is 0.469. The summed E-state index contributed by atoms with van der Waals surface area (Å²) in [5.41, 5.74) is 3.52. The summed E-state index contributed by atoms with van der Waals surface area (Å²) in [4.78, 5) is 27.1. The fourth-order valence-electron chi connectivity index (χ4n) is 1.55. The molecule has 1 N–H and O–H groups in total. The molecule has 0 aromatic carbocycles. The predicted molar refractivity (Wildman–Crippen MR) is 75.3 cm³/mol. The van der Waals surface area contributed by atoms with Crippen molar-refractivity contribution in [1.82, 2.24) is 10.4 Å². The zero-order chi connectivity index (χ0) is 14.8. The Morgan fingerprint density at radius 2 is 2.00 bits per heavy atom. The molecule has 0 bridgehead atoms. The first-order chi connectivity index (χ1) is 9.67. The first-order valence-corrected chi connectivity index (χ1v) is 6.58. The third-order valence-corrected chi connectivity index (χ3v) is 2.45. The second kappa shape index (κ2) is 8.79. The van der Waals surface area contributed by atoms with Crippen LogP contribution in [0.15, 0.2) is 29.6 Å². The maximum Gasteiger partial charge on any atom is 0.311 e. The van der Waals surface area contributed by atoms with Crippen molar-refractivity contribution in [2.75, 3.05) is 6.61 Å². The molecule has 1 heterocycles. The average Bonchev–Trinajstić information content (AvgIpc) is 2.46. The van der Waals surface area contributed by atoms with Crippen LogP contribution < -0.4 is 5.43 Å². The Kier molecular flexibility index (Phi) is 6.95. The Labute approximate surface area is 118 Å². The van der Waals surface area contributed by atoms with Gasteiger partial charge in [0.05, 0.1) is 13.0 Å². The van der Waals surface area contributed by atoms with E-state index in [0.29, 0.717) is 24.3 Å². The van der Waals surface area contributed by atoms with Gasteiger partial charge in [0, 0.05) is 23.7 Å². The van der Waals surface area contributed by atoms with E-state index in [4.69, 9.17) is 4.74 Å². The van der Waals surface area contributed by atoms with E-state index >= 15 is 0 Å². The largest absolute Gasteiger partial charge is 0.466 e. The lowest BCUT2D eigenvalue weighted by molar-refractivity contribution is -0.141. The number of amides is 1. The molecule has 108 valence electrons. The van der Waals surface area contributed by atoms with Crippen LogP contribution >= 0.6 is 0 Å². The van der Waals surface area contributed by atoms with E-state index in [9.17, 15) is 9.59 Å². The van der Waals surface area contributed by atoms with Gasteiger partial charge in [-0.25, -0.2) is 5.43 Å². The van der Waals surface area contributed by atoms with Crippen LogP contribution in [0.25, 0.3) is 0 Å².